The minimum Gasteiger partial charge on any atom is -0.496 e. The summed E-state index contributed by atoms with van der Waals surface area (Å²) in [5, 5.41) is 8.99. The van der Waals surface area contributed by atoms with Gasteiger partial charge in [0.25, 0.3) is 5.56 Å². The molecule has 0 saturated carbocycles. The van der Waals surface area contributed by atoms with E-state index in [1.54, 1.807) is 13.2 Å². The summed E-state index contributed by atoms with van der Waals surface area (Å²) in [5.74, 6) is -0.374. The SMILES string of the molecule is COc1ccccc1C=Cc1cc(=O)n2cc(C(=O)O)ccc2n1. The van der Waals surface area contributed by atoms with Crippen molar-refractivity contribution in [3.05, 3.63) is 75.8 Å². The highest BCUT2D eigenvalue weighted by atomic mass is 16.5. The number of aromatic carboxylic acids is 1. The molecule has 0 aliphatic rings. The minimum atomic E-state index is -1.09. The number of para-hydroxylation sites is 1. The minimum absolute atomic E-state index is 0.0312. The molecule has 0 radical (unpaired) electrons. The molecule has 24 heavy (non-hydrogen) atoms. The number of rotatable bonds is 4. The average molecular weight is 322 g/mol. The Bertz CT molecular complexity index is 1010. The molecular formula is C18H14N2O4. The van der Waals surface area contributed by atoms with Crippen LogP contribution in [-0.4, -0.2) is 27.6 Å². The van der Waals surface area contributed by atoms with Crippen molar-refractivity contribution in [3.63, 3.8) is 0 Å². The number of carbonyl (C=O) groups is 1. The lowest BCUT2D eigenvalue weighted by molar-refractivity contribution is 0.0696. The molecule has 0 bridgehead atoms. The van der Waals surface area contributed by atoms with Crippen LogP contribution in [0.3, 0.4) is 0 Å². The molecule has 3 aromatic rings. The van der Waals surface area contributed by atoms with Gasteiger partial charge in [-0.1, -0.05) is 18.2 Å². The van der Waals surface area contributed by atoms with Gasteiger partial charge < -0.3 is 9.84 Å². The largest absolute Gasteiger partial charge is 0.496 e. The molecule has 0 aliphatic carbocycles. The second-order valence-electron chi connectivity index (χ2n) is 5.05. The number of pyridine rings is 1. The second-order valence-corrected chi connectivity index (χ2v) is 5.05. The molecule has 6 heteroatoms. The van der Waals surface area contributed by atoms with Gasteiger partial charge in [-0.2, -0.15) is 0 Å². The van der Waals surface area contributed by atoms with Gasteiger partial charge >= 0.3 is 5.97 Å². The van der Waals surface area contributed by atoms with Crippen molar-refractivity contribution in [2.45, 2.75) is 0 Å². The Morgan fingerprint density at radius 3 is 2.75 bits per heavy atom. The lowest BCUT2D eigenvalue weighted by Crippen LogP contribution is -2.15. The van der Waals surface area contributed by atoms with Gasteiger partial charge in [0.15, 0.2) is 0 Å². The molecule has 2 aromatic heterocycles. The van der Waals surface area contributed by atoms with Crippen LogP contribution in [0.1, 0.15) is 21.6 Å². The summed E-state index contributed by atoms with van der Waals surface area (Å²) in [6.45, 7) is 0. The fourth-order valence-electron chi connectivity index (χ4n) is 2.31. The third-order valence-electron chi connectivity index (χ3n) is 3.50. The smallest absolute Gasteiger partial charge is 0.337 e. The molecule has 0 fully saturated rings. The number of carboxylic acid groups (broad SMARTS) is 1. The van der Waals surface area contributed by atoms with Crippen molar-refractivity contribution in [3.8, 4) is 5.75 Å². The number of carboxylic acids is 1. The Kier molecular flexibility index (Phi) is 4.11. The van der Waals surface area contributed by atoms with Gasteiger partial charge in [-0.15, -0.1) is 0 Å². The third-order valence-corrected chi connectivity index (χ3v) is 3.50. The first-order chi connectivity index (χ1) is 11.6. The predicted octanol–water partition coefficient (Wildman–Crippen LogP) is 2.57. The van der Waals surface area contributed by atoms with Gasteiger partial charge in [0.1, 0.15) is 11.4 Å². The van der Waals surface area contributed by atoms with Crippen LogP contribution in [0.5, 0.6) is 5.75 Å². The maximum atomic E-state index is 12.2. The van der Waals surface area contributed by atoms with Crippen molar-refractivity contribution in [2.75, 3.05) is 7.11 Å². The Balaban J connectivity index is 2.02. The summed E-state index contributed by atoms with van der Waals surface area (Å²) in [6, 6.07) is 11.8. The molecular weight excluding hydrogens is 308 g/mol. The number of methoxy groups -OCH3 is 1. The normalized spacial score (nSPS) is 11.0. The first kappa shape index (κ1) is 15.5. The quantitative estimate of drug-likeness (QED) is 0.798. The standard InChI is InChI=1S/C18H14N2O4/c1-24-15-5-3-2-4-12(15)6-8-14-10-17(21)20-11-13(18(22)23)7-9-16(20)19-14/h2-11H,1H3,(H,22,23). The number of nitrogens with zero attached hydrogens (tertiary/aromatic N) is 2. The molecule has 0 spiro atoms. The molecule has 0 saturated heterocycles. The molecule has 120 valence electrons. The molecule has 1 N–H and O–H groups in total. The number of ether oxygens (including phenoxy) is 1. The van der Waals surface area contributed by atoms with Crippen LogP contribution in [0.15, 0.2) is 53.5 Å². The van der Waals surface area contributed by atoms with E-state index in [0.29, 0.717) is 11.3 Å². The highest BCUT2D eigenvalue weighted by Crippen LogP contribution is 2.19. The molecule has 0 aliphatic heterocycles. The molecule has 0 unspecified atom stereocenters. The van der Waals surface area contributed by atoms with E-state index in [4.69, 9.17) is 9.84 Å². The summed E-state index contributed by atoms with van der Waals surface area (Å²) in [6.07, 6.45) is 4.79. The summed E-state index contributed by atoms with van der Waals surface area (Å²) in [5.41, 5.74) is 1.41. The van der Waals surface area contributed by atoms with Crippen molar-refractivity contribution in [2.24, 2.45) is 0 Å². The fourth-order valence-corrected chi connectivity index (χ4v) is 2.31. The zero-order valence-electron chi connectivity index (χ0n) is 12.8. The van der Waals surface area contributed by atoms with Crippen molar-refractivity contribution in [1.29, 1.82) is 0 Å². The lowest BCUT2D eigenvalue weighted by Gasteiger charge is -2.04. The van der Waals surface area contributed by atoms with Crippen LogP contribution in [0.4, 0.5) is 0 Å². The van der Waals surface area contributed by atoms with Gasteiger partial charge in [-0.05, 0) is 30.4 Å². The van der Waals surface area contributed by atoms with E-state index in [1.807, 2.05) is 30.3 Å². The van der Waals surface area contributed by atoms with Crippen LogP contribution in [0, 0.1) is 0 Å². The predicted molar refractivity (Wildman–Crippen MR) is 90.3 cm³/mol. The maximum Gasteiger partial charge on any atom is 0.337 e. The van der Waals surface area contributed by atoms with Gasteiger partial charge in [0.05, 0.1) is 18.4 Å². The van der Waals surface area contributed by atoms with E-state index < -0.39 is 5.97 Å². The molecule has 0 atom stereocenters. The number of benzene rings is 1. The number of fused-ring (bicyclic) bond motifs is 1. The van der Waals surface area contributed by atoms with E-state index in [2.05, 4.69) is 4.98 Å². The Morgan fingerprint density at radius 2 is 2.00 bits per heavy atom. The van der Waals surface area contributed by atoms with E-state index in [0.717, 1.165) is 11.3 Å². The van der Waals surface area contributed by atoms with Gasteiger partial charge in [-0.3, -0.25) is 9.20 Å². The summed E-state index contributed by atoms with van der Waals surface area (Å²) in [4.78, 5) is 27.5. The third kappa shape index (κ3) is 3.03. The number of aromatic nitrogens is 2. The maximum absolute atomic E-state index is 12.2. The topological polar surface area (TPSA) is 80.9 Å². The zero-order valence-corrected chi connectivity index (χ0v) is 12.8. The van der Waals surface area contributed by atoms with Crippen LogP contribution < -0.4 is 10.3 Å². The average Bonchev–Trinajstić information content (AvgIpc) is 2.59. The monoisotopic (exact) mass is 322 g/mol. The van der Waals surface area contributed by atoms with Crippen molar-refractivity contribution >= 4 is 23.8 Å². The van der Waals surface area contributed by atoms with Crippen molar-refractivity contribution in [1.82, 2.24) is 9.38 Å². The van der Waals surface area contributed by atoms with E-state index in [9.17, 15) is 9.59 Å². The fraction of sp³-hybridized carbons (Fsp3) is 0.0556. The van der Waals surface area contributed by atoms with E-state index in [-0.39, 0.29) is 11.1 Å². The van der Waals surface area contributed by atoms with E-state index in [1.165, 1.54) is 28.8 Å². The number of hydrogen-bond acceptors (Lipinski definition) is 4. The van der Waals surface area contributed by atoms with Crippen molar-refractivity contribution < 1.29 is 14.6 Å². The molecule has 0 amide bonds. The first-order valence-corrected chi connectivity index (χ1v) is 7.16. The number of hydrogen-bond donors (Lipinski definition) is 1. The molecule has 3 rings (SSSR count). The highest BCUT2D eigenvalue weighted by Gasteiger charge is 2.06. The summed E-state index contributed by atoms with van der Waals surface area (Å²) >= 11 is 0. The molecule has 2 heterocycles. The Labute approximate surface area is 137 Å². The Hall–Kier alpha value is -3.41. The van der Waals surface area contributed by atoms with Gasteiger partial charge in [0, 0.05) is 17.8 Å². The first-order valence-electron chi connectivity index (χ1n) is 7.16. The molecule has 6 nitrogen and oxygen atoms in total. The van der Waals surface area contributed by atoms with Gasteiger partial charge in [0.2, 0.25) is 0 Å². The summed E-state index contributed by atoms with van der Waals surface area (Å²) in [7, 11) is 1.59. The highest BCUT2D eigenvalue weighted by molar-refractivity contribution is 5.87. The molecule has 1 aromatic carbocycles. The van der Waals surface area contributed by atoms with E-state index >= 15 is 0 Å². The summed E-state index contributed by atoms with van der Waals surface area (Å²) < 4.78 is 6.48. The second kappa shape index (κ2) is 6.37. The van der Waals surface area contributed by atoms with Crippen LogP contribution in [0.2, 0.25) is 0 Å². The Morgan fingerprint density at radius 1 is 1.21 bits per heavy atom. The zero-order chi connectivity index (χ0) is 17.1. The van der Waals surface area contributed by atoms with Crippen LogP contribution in [-0.2, 0) is 0 Å². The van der Waals surface area contributed by atoms with Crippen LogP contribution in [0.25, 0.3) is 17.8 Å². The lowest BCUT2D eigenvalue weighted by atomic mass is 10.1. The van der Waals surface area contributed by atoms with Crippen LogP contribution >= 0.6 is 0 Å². The van der Waals surface area contributed by atoms with Gasteiger partial charge in [-0.25, -0.2) is 9.78 Å².